The van der Waals surface area contributed by atoms with Gasteiger partial charge in [-0.25, -0.2) is 0 Å². The van der Waals surface area contributed by atoms with E-state index in [-0.39, 0.29) is 0 Å². The summed E-state index contributed by atoms with van der Waals surface area (Å²) in [5, 5.41) is 3.46. The molecule has 0 aliphatic heterocycles. The Bertz CT molecular complexity index is 503. The van der Waals surface area contributed by atoms with Gasteiger partial charge in [0.25, 0.3) is 0 Å². The molecule has 17 heavy (non-hydrogen) atoms. The van der Waals surface area contributed by atoms with Crippen molar-refractivity contribution in [2.75, 3.05) is 5.32 Å². The molecule has 0 bridgehead atoms. The average Bonchev–Trinajstić information content (AvgIpc) is 2.78. The van der Waals surface area contributed by atoms with Crippen molar-refractivity contribution < 1.29 is 0 Å². The molecule has 0 aliphatic rings. The number of hydrogen-bond acceptors (Lipinski definition) is 1. The fraction of sp³-hybridized carbons (Fsp3) is 0.286. The van der Waals surface area contributed by atoms with Crippen LogP contribution in [0.5, 0.6) is 0 Å². The van der Waals surface area contributed by atoms with E-state index in [1.807, 2.05) is 0 Å². The lowest BCUT2D eigenvalue weighted by molar-refractivity contribution is 0.766. The highest BCUT2D eigenvalue weighted by Gasteiger charge is 2.00. The van der Waals surface area contributed by atoms with Gasteiger partial charge in [0.15, 0.2) is 0 Å². The third-order valence-electron chi connectivity index (χ3n) is 2.86. The summed E-state index contributed by atoms with van der Waals surface area (Å²) < 4.78 is 3.29. The van der Waals surface area contributed by atoms with Crippen molar-refractivity contribution in [3.63, 3.8) is 0 Å². The van der Waals surface area contributed by atoms with Gasteiger partial charge < -0.3 is 9.88 Å². The molecule has 0 radical (unpaired) electrons. The van der Waals surface area contributed by atoms with Gasteiger partial charge in [-0.15, -0.1) is 0 Å². The lowest BCUT2D eigenvalue weighted by Gasteiger charge is -2.09. The molecule has 2 rings (SSSR count). The second-order valence-electron chi connectivity index (χ2n) is 4.16. The first-order chi connectivity index (χ1) is 8.19. The Kier molecular flexibility index (Phi) is 3.89. The van der Waals surface area contributed by atoms with E-state index in [9.17, 15) is 0 Å². The molecule has 90 valence electrons. The molecular weight excluding hydrogens is 276 g/mol. The Morgan fingerprint density at radius 3 is 2.82 bits per heavy atom. The maximum Gasteiger partial charge on any atom is 0.0415 e. The molecule has 1 aromatic carbocycles. The predicted molar refractivity (Wildman–Crippen MR) is 76.3 cm³/mol. The summed E-state index contributed by atoms with van der Waals surface area (Å²) in [5.74, 6) is 0. The standard InChI is InChI=1S/C14H17BrN2/c1-3-17-7-6-12(10-17)9-16-14-8-13(15)5-4-11(14)2/h4-8,10,16H,3,9H2,1-2H3. The van der Waals surface area contributed by atoms with Gasteiger partial charge in [-0.1, -0.05) is 22.0 Å². The predicted octanol–water partition coefficient (Wildman–Crippen LogP) is 4.19. The number of hydrogen-bond donors (Lipinski definition) is 1. The molecular formula is C14H17BrN2. The number of nitrogens with zero attached hydrogens (tertiary/aromatic N) is 1. The second kappa shape index (κ2) is 5.41. The molecule has 0 spiro atoms. The molecule has 0 aliphatic carbocycles. The summed E-state index contributed by atoms with van der Waals surface area (Å²) in [6, 6.07) is 8.45. The van der Waals surface area contributed by atoms with E-state index in [0.717, 1.165) is 17.6 Å². The Labute approximate surface area is 111 Å². The second-order valence-corrected chi connectivity index (χ2v) is 5.08. The molecule has 3 heteroatoms. The van der Waals surface area contributed by atoms with Crippen LogP contribution in [-0.2, 0) is 13.1 Å². The summed E-state index contributed by atoms with van der Waals surface area (Å²) in [5.41, 5.74) is 3.76. The molecule has 2 aromatic rings. The van der Waals surface area contributed by atoms with Crippen LogP contribution in [0.15, 0.2) is 41.1 Å². The molecule has 0 atom stereocenters. The van der Waals surface area contributed by atoms with Crippen LogP contribution in [-0.4, -0.2) is 4.57 Å². The van der Waals surface area contributed by atoms with Gasteiger partial charge in [0.1, 0.15) is 0 Å². The lowest BCUT2D eigenvalue weighted by Crippen LogP contribution is -2.00. The van der Waals surface area contributed by atoms with Crippen molar-refractivity contribution in [2.24, 2.45) is 0 Å². The average molecular weight is 293 g/mol. The molecule has 1 aromatic heterocycles. The third-order valence-corrected chi connectivity index (χ3v) is 3.35. The van der Waals surface area contributed by atoms with Crippen LogP contribution in [0.4, 0.5) is 5.69 Å². The molecule has 0 amide bonds. The van der Waals surface area contributed by atoms with Crippen molar-refractivity contribution in [1.82, 2.24) is 4.57 Å². The summed E-state index contributed by atoms with van der Waals surface area (Å²) in [6.45, 7) is 6.15. The molecule has 0 saturated heterocycles. The minimum Gasteiger partial charge on any atom is -0.381 e. The van der Waals surface area contributed by atoms with Crippen LogP contribution >= 0.6 is 15.9 Å². The van der Waals surface area contributed by atoms with Crippen LogP contribution in [0.1, 0.15) is 18.1 Å². The summed E-state index contributed by atoms with van der Waals surface area (Å²) in [7, 11) is 0. The highest BCUT2D eigenvalue weighted by Crippen LogP contribution is 2.21. The highest BCUT2D eigenvalue weighted by molar-refractivity contribution is 9.10. The van der Waals surface area contributed by atoms with Crippen LogP contribution in [0.25, 0.3) is 0 Å². The van der Waals surface area contributed by atoms with E-state index in [2.05, 4.69) is 76.3 Å². The number of rotatable bonds is 4. The zero-order chi connectivity index (χ0) is 12.3. The molecule has 0 fully saturated rings. The van der Waals surface area contributed by atoms with Crippen molar-refractivity contribution in [3.8, 4) is 0 Å². The van der Waals surface area contributed by atoms with E-state index >= 15 is 0 Å². The SMILES string of the molecule is CCn1ccc(CNc2cc(Br)ccc2C)c1. The summed E-state index contributed by atoms with van der Waals surface area (Å²) in [4.78, 5) is 0. The van der Waals surface area contributed by atoms with Crippen molar-refractivity contribution >= 4 is 21.6 Å². The Balaban J connectivity index is 2.04. The van der Waals surface area contributed by atoms with E-state index in [1.165, 1.54) is 16.8 Å². The van der Waals surface area contributed by atoms with E-state index in [0.29, 0.717) is 0 Å². The number of aromatic nitrogens is 1. The smallest absolute Gasteiger partial charge is 0.0415 e. The van der Waals surface area contributed by atoms with Gasteiger partial charge in [0, 0.05) is 35.6 Å². The fourth-order valence-electron chi connectivity index (χ4n) is 1.77. The lowest BCUT2D eigenvalue weighted by atomic mass is 10.2. The number of nitrogens with one attached hydrogen (secondary N) is 1. The Morgan fingerprint density at radius 2 is 2.12 bits per heavy atom. The summed E-state index contributed by atoms with van der Waals surface area (Å²) >= 11 is 3.49. The van der Waals surface area contributed by atoms with Gasteiger partial charge in [0.2, 0.25) is 0 Å². The zero-order valence-corrected chi connectivity index (χ0v) is 11.8. The fourth-order valence-corrected chi connectivity index (χ4v) is 2.13. The van der Waals surface area contributed by atoms with Gasteiger partial charge >= 0.3 is 0 Å². The van der Waals surface area contributed by atoms with Crippen LogP contribution in [0.3, 0.4) is 0 Å². The first kappa shape index (κ1) is 12.2. The minimum absolute atomic E-state index is 0.865. The third kappa shape index (κ3) is 3.13. The van der Waals surface area contributed by atoms with Crippen LogP contribution < -0.4 is 5.32 Å². The topological polar surface area (TPSA) is 17.0 Å². The van der Waals surface area contributed by atoms with Gasteiger partial charge in [0.05, 0.1) is 0 Å². The van der Waals surface area contributed by atoms with Gasteiger partial charge in [-0.3, -0.25) is 0 Å². The first-order valence-electron chi connectivity index (χ1n) is 5.83. The molecule has 0 saturated carbocycles. The number of aryl methyl sites for hydroxylation is 2. The molecule has 1 heterocycles. The van der Waals surface area contributed by atoms with E-state index in [1.54, 1.807) is 0 Å². The van der Waals surface area contributed by atoms with E-state index in [4.69, 9.17) is 0 Å². The van der Waals surface area contributed by atoms with Crippen molar-refractivity contribution in [2.45, 2.75) is 26.9 Å². The van der Waals surface area contributed by atoms with Crippen molar-refractivity contribution in [1.29, 1.82) is 0 Å². The van der Waals surface area contributed by atoms with Crippen LogP contribution in [0.2, 0.25) is 0 Å². The molecule has 1 N–H and O–H groups in total. The number of halogens is 1. The quantitative estimate of drug-likeness (QED) is 0.894. The monoisotopic (exact) mass is 292 g/mol. The largest absolute Gasteiger partial charge is 0.381 e. The van der Waals surface area contributed by atoms with Crippen LogP contribution in [0, 0.1) is 6.92 Å². The maximum atomic E-state index is 3.49. The number of benzene rings is 1. The molecule has 0 unspecified atom stereocenters. The van der Waals surface area contributed by atoms with Crippen molar-refractivity contribution in [3.05, 3.63) is 52.3 Å². The summed E-state index contributed by atoms with van der Waals surface area (Å²) in [6.07, 6.45) is 4.30. The first-order valence-corrected chi connectivity index (χ1v) is 6.63. The highest BCUT2D eigenvalue weighted by atomic mass is 79.9. The molecule has 2 nitrogen and oxygen atoms in total. The minimum atomic E-state index is 0.865. The van der Waals surface area contributed by atoms with E-state index < -0.39 is 0 Å². The Hall–Kier alpha value is -1.22. The van der Waals surface area contributed by atoms with Gasteiger partial charge in [-0.2, -0.15) is 0 Å². The number of anilines is 1. The zero-order valence-electron chi connectivity index (χ0n) is 10.2. The Morgan fingerprint density at radius 1 is 1.29 bits per heavy atom. The maximum absolute atomic E-state index is 3.49. The normalized spacial score (nSPS) is 10.5. The van der Waals surface area contributed by atoms with Gasteiger partial charge in [-0.05, 0) is 43.2 Å².